The summed E-state index contributed by atoms with van der Waals surface area (Å²) in [7, 11) is 1.50. The Morgan fingerprint density at radius 3 is 1.08 bits per heavy atom. The second kappa shape index (κ2) is 41.9. The molecular weight excluding hydrogens is 1010 g/mol. The van der Waals surface area contributed by atoms with E-state index in [0.29, 0.717) is 11.8 Å². The maximum atomic E-state index is 3.36. The average molecular weight is 1080 g/mol. The Kier molecular flexibility index (Phi) is 52.1. The SMILES string of the molecule is CC1=[C-]C(C)C(C)=C1C.CC1=[C-]C(C)C(C)=C1C.CCCC/C=C/C1=[C-]CC=C1.CCCC/C=C/C1=[C-]CC=C1.C[SiH]C.C[SiH]C.[Cl-].[Cl-].[Hf].[Hf]. The fourth-order valence-corrected chi connectivity index (χ4v) is 4.46. The summed E-state index contributed by atoms with van der Waals surface area (Å²) in [5.74, 6) is 1.12. The molecule has 0 amide bonds. The van der Waals surface area contributed by atoms with Crippen LogP contribution in [0.2, 0.25) is 26.2 Å². The van der Waals surface area contributed by atoms with Crippen LogP contribution < -0.4 is 24.8 Å². The molecule has 6 heteroatoms. The Morgan fingerprint density at radius 2 is 0.920 bits per heavy atom. The van der Waals surface area contributed by atoms with E-state index in [2.05, 4.69) is 168 Å². The molecule has 4 aliphatic rings. The molecule has 0 nitrogen and oxygen atoms in total. The Labute approximate surface area is 368 Å². The molecule has 0 bridgehead atoms. The molecule has 50 heavy (non-hydrogen) atoms. The topological polar surface area (TPSA) is 0 Å². The van der Waals surface area contributed by atoms with Crippen molar-refractivity contribution in [1.29, 1.82) is 0 Å². The summed E-state index contributed by atoms with van der Waals surface area (Å²) in [5, 5.41) is 0. The number of unbranched alkanes of at least 4 members (excludes halogenated alkanes) is 4. The van der Waals surface area contributed by atoms with Crippen molar-refractivity contribution < 1.29 is 76.5 Å². The summed E-state index contributed by atoms with van der Waals surface area (Å²) in [6, 6.07) is 0. The largest absolute Gasteiger partial charge is 1.00 e. The molecule has 2 radical (unpaired) electrons. The van der Waals surface area contributed by atoms with Gasteiger partial charge in [-0.1, -0.05) is 132 Å². The van der Waals surface area contributed by atoms with Gasteiger partial charge < -0.3 is 24.8 Å². The zero-order chi connectivity index (χ0) is 35.3. The molecule has 0 saturated heterocycles. The predicted octanol–water partition coefficient (Wildman–Crippen LogP) is 7.33. The molecule has 0 aromatic carbocycles. The van der Waals surface area contributed by atoms with Crippen LogP contribution in [0.5, 0.6) is 0 Å². The smallest absolute Gasteiger partial charge is 0.0213 e. The van der Waals surface area contributed by atoms with Gasteiger partial charge in [0, 0.05) is 70.7 Å². The monoisotopic (exact) mass is 1080 g/mol. The van der Waals surface area contributed by atoms with E-state index in [4.69, 9.17) is 0 Å². The zero-order valence-electron chi connectivity index (χ0n) is 34.3. The van der Waals surface area contributed by atoms with Crippen LogP contribution >= 0.6 is 0 Å². The van der Waals surface area contributed by atoms with Crippen LogP contribution in [0.15, 0.2) is 93.2 Å². The van der Waals surface area contributed by atoms with Gasteiger partial charge in [-0.25, -0.2) is 11.1 Å². The fourth-order valence-electron chi connectivity index (χ4n) is 4.46. The van der Waals surface area contributed by atoms with Crippen LogP contribution in [0.4, 0.5) is 0 Å². The van der Waals surface area contributed by atoms with Gasteiger partial charge in [0.15, 0.2) is 0 Å². The van der Waals surface area contributed by atoms with Crippen LogP contribution in [-0.4, -0.2) is 19.0 Å². The quantitative estimate of drug-likeness (QED) is 0.136. The van der Waals surface area contributed by atoms with E-state index in [1.54, 1.807) is 0 Å². The van der Waals surface area contributed by atoms with Crippen molar-refractivity contribution in [2.75, 3.05) is 0 Å². The number of allylic oxidation sites excluding steroid dienone is 20. The second-order valence-electron chi connectivity index (χ2n) is 12.3. The molecule has 0 N–H and O–H groups in total. The first-order valence-electron chi connectivity index (χ1n) is 17.9. The standard InChI is InChI=1S/2C11H15.2C9H13.2C2H7Si.2ClH.2Hf/c2*1-2-3-4-5-8-11-9-6-7-10-11;2*1-6-5-7(2)9(4)8(6)3;2*1-3-2;;;;/h2*5-6,8-9H,2-4,7H2,1H3;2*6H,1-4H3;2*3H,1-2H3;2*1H;;/q4*-1;;;;;;/p-2/b2*8-5+;;;;;;;;. The van der Waals surface area contributed by atoms with Gasteiger partial charge in [-0.3, -0.25) is 12.2 Å². The summed E-state index contributed by atoms with van der Waals surface area (Å²) in [4.78, 5) is 0. The number of rotatable bonds is 8. The minimum atomic E-state index is 0. The van der Waals surface area contributed by atoms with E-state index in [9.17, 15) is 0 Å². The Hall–Kier alpha value is 0.154. The van der Waals surface area contributed by atoms with Crippen LogP contribution in [0, 0.1) is 36.1 Å². The molecule has 2 unspecified atom stereocenters. The predicted molar refractivity (Wildman–Crippen MR) is 216 cm³/mol. The van der Waals surface area contributed by atoms with E-state index >= 15 is 0 Å². The van der Waals surface area contributed by atoms with Crippen molar-refractivity contribution in [2.24, 2.45) is 11.8 Å². The van der Waals surface area contributed by atoms with Gasteiger partial charge >= 0.3 is 0 Å². The van der Waals surface area contributed by atoms with Crippen LogP contribution in [0.1, 0.15) is 121 Å². The maximum Gasteiger partial charge on any atom is 0.0213 e. The summed E-state index contributed by atoms with van der Waals surface area (Å²) in [5.41, 5.74) is 11.0. The second-order valence-corrected chi connectivity index (χ2v) is 14.6. The summed E-state index contributed by atoms with van der Waals surface area (Å²) < 4.78 is 0. The third kappa shape index (κ3) is 31.7. The first kappa shape index (κ1) is 62.2. The van der Waals surface area contributed by atoms with Crippen LogP contribution in [0.3, 0.4) is 0 Å². The van der Waals surface area contributed by atoms with Crippen molar-refractivity contribution in [1.82, 2.24) is 0 Å². The van der Waals surface area contributed by atoms with Gasteiger partial charge in [-0.15, -0.1) is 38.2 Å². The van der Waals surface area contributed by atoms with Crippen LogP contribution in [0.25, 0.3) is 0 Å². The van der Waals surface area contributed by atoms with Gasteiger partial charge in [0.1, 0.15) is 0 Å². The molecule has 0 fully saturated rings. The van der Waals surface area contributed by atoms with E-state index in [1.807, 2.05) is 0 Å². The molecule has 4 aliphatic carbocycles. The molecule has 2 atom stereocenters. The van der Waals surface area contributed by atoms with Crippen molar-refractivity contribution >= 4 is 19.0 Å². The molecule has 0 spiro atoms. The van der Waals surface area contributed by atoms with Gasteiger partial charge in [-0.05, 0) is 12.8 Å². The molecule has 0 aliphatic heterocycles. The van der Waals surface area contributed by atoms with Crippen LogP contribution in [-0.2, 0) is 51.7 Å². The first-order valence-corrected chi connectivity index (χ1v) is 22.5. The molecule has 0 saturated carbocycles. The van der Waals surface area contributed by atoms with E-state index in [-0.39, 0.29) is 76.5 Å². The number of hydrogen-bond acceptors (Lipinski definition) is 0. The fraction of sp³-hybridized carbons (Fsp3) is 0.545. The number of halogens is 2. The molecular formula is C44H70Cl2Hf2Si2-6. The van der Waals surface area contributed by atoms with E-state index < -0.39 is 0 Å². The molecule has 0 aromatic rings. The number of hydrogen-bond donors (Lipinski definition) is 0. The van der Waals surface area contributed by atoms with E-state index in [0.717, 1.165) is 31.9 Å². The zero-order valence-corrected chi connectivity index (χ0v) is 45.3. The van der Waals surface area contributed by atoms with Crippen molar-refractivity contribution in [3.05, 3.63) is 117 Å². The maximum absolute atomic E-state index is 3.36. The van der Waals surface area contributed by atoms with Gasteiger partial charge in [0.25, 0.3) is 0 Å². The molecule has 282 valence electrons. The minimum absolute atomic E-state index is 0. The van der Waals surface area contributed by atoms with Crippen molar-refractivity contribution in [3.63, 3.8) is 0 Å². The third-order valence-corrected chi connectivity index (χ3v) is 7.96. The minimum Gasteiger partial charge on any atom is -1.00 e. The summed E-state index contributed by atoms with van der Waals surface area (Å²) >= 11 is 0. The van der Waals surface area contributed by atoms with E-state index in [1.165, 1.54) is 83.1 Å². The first-order chi connectivity index (χ1) is 21.9. The van der Waals surface area contributed by atoms with Gasteiger partial charge in [0.2, 0.25) is 0 Å². The molecule has 0 heterocycles. The average Bonchev–Trinajstić information content (AvgIpc) is 3.83. The Balaban J connectivity index is -0.000000120. The third-order valence-electron chi connectivity index (χ3n) is 7.96. The summed E-state index contributed by atoms with van der Waals surface area (Å²) in [6.07, 6.45) is 40.1. The molecule has 0 aromatic heterocycles. The normalized spacial score (nSPS) is 17.6. The van der Waals surface area contributed by atoms with Crippen molar-refractivity contribution in [3.8, 4) is 0 Å². The van der Waals surface area contributed by atoms with Gasteiger partial charge in [-0.2, -0.15) is 69.9 Å². The Bertz CT molecular complexity index is 1060. The van der Waals surface area contributed by atoms with Crippen molar-refractivity contribution in [2.45, 2.75) is 147 Å². The van der Waals surface area contributed by atoms with Gasteiger partial charge in [0.05, 0.1) is 0 Å². The summed E-state index contributed by atoms with van der Waals surface area (Å²) in [6.45, 7) is 30.6. The Morgan fingerprint density at radius 1 is 0.620 bits per heavy atom. The molecule has 4 rings (SSSR count).